The Morgan fingerprint density at radius 1 is 1.00 bits per heavy atom. The van der Waals surface area contributed by atoms with Gasteiger partial charge in [-0.2, -0.15) is 4.98 Å². The number of anilines is 3. The lowest BCUT2D eigenvalue weighted by atomic mass is 9.87. The molecule has 2 heterocycles. The number of benzene rings is 1. The van der Waals surface area contributed by atoms with Gasteiger partial charge in [-0.1, -0.05) is 37.8 Å². The van der Waals surface area contributed by atoms with Crippen molar-refractivity contribution in [2.75, 3.05) is 10.6 Å². The van der Waals surface area contributed by atoms with Gasteiger partial charge in [0.25, 0.3) is 0 Å². The molecule has 0 radical (unpaired) electrons. The Kier molecular flexibility index (Phi) is 5.84. The van der Waals surface area contributed by atoms with Crippen LogP contribution in [-0.4, -0.2) is 21.0 Å². The Hall–Kier alpha value is -3.21. The van der Waals surface area contributed by atoms with Crippen LogP contribution < -0.4 is 10.6 Å². The smallest absolute Gasteiger partial charge is 0.229 e. The van der Waals surface area contributed by atoms with Crippen molar-refractivity contribution in [3.05, 3.63) is 67.0 Å². The van der Waals surface area contributed by atoms with Crippen molar-refractivity contribution in [1.29, 1.82) is 0 Å². The number of rotatable bonds is 6. The van der Waals surface area contributed by atoms with E-state index in [1.807, 2.05) is 54.7 Å². The van der Waals surface area contributed by atoms with E-state index in [9.17, 15) is 0 Å². The minimum absolute atomic E-state index is 0.434. The molecule has 2 aromatic heterocycles. The van der Waals surface area contributed by atoms with Crippen LogP contribution in [0.4, 0.5) is 17.5 Å². The summed E-state index contributed by atoms with van der Waals surface area (Å²) in [6.45, 7) is 6.13. The van der Waals surface area contributed by atoms with Gasteiger partial charge in [0.05, 0.1) is 11.3 Å². The number of aromatic nitrogens is 3. The van der Waals surface area contributed by atoms with Gasteiger partial charge < -0.3 is 10.6 Å². The van der Waals surface area contributed by atoms with Gasteiger partial charge in [-0.15, -0.1) is 0 Å². The molecule has 0 aliphatic heterocycles. The molecular weight excluding hydrogens is 358 g/mol. The quantitative estimate of drug-likeness (QED) is 0.552. The monoisotopic (exact) mass is 385 g/mol. The topological polar surface area (TPSA) is 62.7 Å². The van der Waals surface area contributed by atoms with Crippen LogP contribution >= 0.6 is 0 Å². The lowest BCUT2D eigenvalue weighted by Gasteiger charge is -2.28. The molecule has 1 aliphatic rings. The second kappa shape index (κ2) is 8.86. The van der Waals surface area contributed by atoms with Crippen molar-refractivity contribution in [3.63, 3.8) is 0 Å². The molecule has 29 heavy (non-hydrogen) atoms. The van der Waals surface area contributed by atoms with E-state index in [1.54, 1.807) is 6.20 Å². The van der Waals surface area contributed by atoms with Gasteiger partial charge in [0, 0.05) is 24.1 Å². The molecule has 1 aromatic carbocycles. The van der Waals surface area contributed by atoms with Crippen LogP contribution in [-0.2, 0) is 0 Å². The highest BCUT2D eigenvalue weighted by atomic mass is 15.1. The third kappa shape index (κ3) is 4.80. The highest BCUT2D eigenvalue weighted by Gasteiger charge is 2.20. The van der Waals surface area contributed by atoms with Gasteiger partial charge >= 0.3 is 0 Å². The summed E-state index contributed by atoms with van der Waals surface area (Å²) in [6, 6.07) is 14.4. The highest BCUT2D eigenvalue weighted by molar-refractivity contribution is 5.73. The zero-order valence-electron chi connectivity index (χ0n) is 16.8. The summed E-state index contributed by atoms with van der Waals surface area (Å²) in [5.41, 5.74) is 3.83. The summed E-state index contributed by atoms with van der Waals surface area (Å²) in [6.07, 6.45) is 10.3. The normalized spacial score (nSPS) is 18.8. The lowest BCUT2D eigenvalue weighted by molar-refractivity contribution is 0.361. The van der Waals surface area contributed by atoms with Crippen molar-refractivity contribution < 1.29 is 0 Å². The zero-order valence-corrected chi connectivity index (χ0v) is 16.8. The number of pyridine rings is 1. The maximum absolute atomic E-state index is 4.81. The van der Waals surface area contributed by atoms with Crippen molar-refractivity contribution in [2.24, 2.45) is 5.92 Å². The molecule has 1 fully saturated rings. The number of hydrogen-bond donors (Lipinski definition) is 2. The van der Waals surface area contributed by atoms with Crippen LogP contribution in [0.15, 0.2) is 61.4 Å². The predicted octanol–water partition coefficient (Wildman–Crippen LogP) is 5.92. The molecule has 0 saturated heterocycles. The van der Waals surface area contributed by atoms with E-state index >= 15 is 0 Å². The minimum atomic E-state index is 0.434. The van der Waals surface area contributed by atoms with Crippen LogP contribution in [0.25, 0.3) is 17.3 Å². The third-order valence-electron chi connectivity index (χ3n) is 5.49. The van der Waals surface area contributed by atoms with Crippen molar-refractivity contribution in [1.82, 2.24) is 15.0 Å². The molecule has 3 aromatic rings. The molecule has 0 spiro atoms. The Bertz CT molecular complexity index is 945. The van der Waals surface area contributed by atoms with E-state index in [4.69, 9.17) is 4.98 Å². The van der Waals surface area contributed by atoms with E-state index in [0.29, 0.717) is 12.0 Å². The largest absolute Gasteiger partial charge is 0.367 e. The maximum Gasteiger partial charge on any atom is 0.229 e. The summed E-state index contributed by atoms with van der Waals surface area (Å²) < 4.78 is 0. The second-order valence-electron chi connectivity index (χ2n) is 7.72. The Labute approximate surface area is 172 Å². The summed E-state index contributed by atoms with van der Waals surface area (Å²) in [4.78, 5) is 13.8. The number of nitrogens with one attached hydrogen (secondary N) is 2. The molecule has 0 bridgehead atoms. The van der Waals surface area contributed by atoms with Gasteiger partial charge in [0.2, 0.25) is 5.95 Å². The standard InChI is InChI=1S/C24H27N5/c1-3-18-9-13-20(14-10-18)28-24-26-16-21(22-6-4-5-15-25-22)23(29-24)27-19-11-7-17(2)8-12-19/h3-6,9-10,13-17,19H,1,7-8,11-12H2,2H3,(H2,26,27,28,29). The van der Waals surface area contributed by atoms with E-state index in [2.05, 4.69) is 34.1 Å². The first-order valence-corrected chi connectivity index (χ1v) is 10.3. The number of nitrogens with zero attached hydrogens (tertiary/aromatic N) is 3. The van der Waals surface area contributed by atoms with E-state index in [-0.39, 0.29) is 0 Å². The van der Waals surface area contributed by atoms with Gasteiger partial charge in [0.1, 0.15) is 5.82 Å². The summed E-state index contributed by atoms with van der Waals surface area (Å²) in [5.74, 6) is 2.22. The van der Waals surface area contributed by atoms with Gasteiger partial charge in [-0.3, -0.25) is 4.98 Å². The van der Waals surface area contributed by atoms with Crippen molar-refractivity contribution in [2.45, 2.75) is 38.6 Å². The molecule has 5 nitrogen and oxygen atoms in total. The molecule has 0 amide bonds. The summed E-state index contributed by atoms with van der Waals surface area (Å²) in [5, 5.41) is 6.97. The molecule has 4 rings (SSSR count). The van der Waals surface area contributed by atoms with Gasteiger partial charge in [-0.05, 0) is 61.4 Å². The highest BCUT2D eigenvalue weighted by Crippen LogP contribution is 2.30. The molecule has 5 heteroatoms. The molecule has 1 saturated carbocycles. The molecule has 1 aliphatic carbocycles. The molecule has 148 valence electrons. The van der Waals surface area contributed by atoms with Gasteiger partial charge in [0.15, 0.2) is 0 Å². The van der Waals surface area contributed by atoms with E-state index in [1.165, 1.54) is 25.7 Å². The first-order valence-electron chi connectivity index (χ1n) is 10.3. The first-order chi connectivity index (χ1) is 14.2. The van der Waals surface area contributed by atoms with Crippen LogP contribution in [0.1, 0.15) is 38.2 Å². The Morgan fingerprint density at radius 3 is 2.48 bits per heavy atom. The molecule has 2 N–H and O–H groups in total. The van der Waals surface area contributed by atoms with Crippen LogP contribution in [0.3, 0.4) is 0 Å². The zero-order chi connectivity index (χ0) is 20.1. The number of hydrogen-bond acceptors (Lipinski definition) is 5. The molecule has 0 atom stereocenters. The Morgan fingerprint density at radius 2 is 1.79 bits per heavy atom. The second-order valence-corrected chi connectivity index (χ2v) is 7.72. The van der Waals surface area contributed by atoms with Crippen LogP contribution in [0.2, 0.25) is 0 Å². The summed E-state index contributed by atoms with van der Waals surface area (Å²) in [7, 11) is 0. The summed E-state index contributed by atoms with van der Waals surface area (Å²) >= 11 is 0. The molecular formula is C24H27N5. The fourth-order valence-electron chi connectivity index (χ4n) is 3.69. The van der Waals surface area contributed by atoms with Crippen LogP contribution in [0.5, 0.6) is 0 Å². The fraction of sp³-hybridized carbons (Fsp3) is 0.292. The molecule has 0 unspecified atom stereocenters. The SMILES string of the molecule is C=Cc1ccc(Nc2ncc(-c3ccccn3)c(NC3CCC(C)CC3)n2)cc1. The van der Waals surface area contributed by atoms with Crippen LogP contribution in [0, 0.1) is 5.92 Å². The first kappa shape index (κ1) is 19.1. The third-order valence-corrected chi connectivity index (χ3v) is 5.49. The van der Waals surface area contributed by atoms with Crippen molar-refractivity contribution in [3.8, 4) is 11.3 Å². The fourth-order valence-corrected chi connectivity index (χ4v) is 3.69. The lowest BCUT2D eigenvalue weighted by Crippen LogP contribution is -2.26. The Balaban J connectivity index is 1.61. The minimum Gasteiger partial charge on any atom is -0.367 e. The van der Waals surface area contributed by atoms with Crippen molar-refractivity contribution >= 4 is 23.5 Å². The average molecular weight is 386 g/mol. The maximum atomic E-state index is 4.81. The average Bonchev–Trinajstić information content (AvgIpc) is 2.77. The van der Waals surface area contributed by atoms with E-state index in [0.717, 1.165) is 34.2 Å². The van der Waals surface area contributed by atoms with Gasteiger partial charge in [-0.25, -0.2) is 4.98 Å². The predicted molar refractivity (Wildman–Crippen MR) is 120 cm³/mol. The van der Waals surface area contributed by atoms with E-state index < -0.39 is 0 Å².